The molecule has 3 aromatic rings. The van der Waals surface area contributed by atoms with Crippen LogP contribution >= 0.6 is 0 Å². The van der Waals surface area contributed by atoms with Crippen molar-refractivity contribution in [2.45, 2.75) is 38.6 Å². The Bertz CT molecular complexity index is 970. The third kappa shape index (κ3) is 2.73. The minimum Gasteiger partial charge on any atom is -0.351 e. The first-order chi connectivity index (χ1) is 12.2. The van der Waals surface area contributed by atoms with E-state index in [1.807, 2.05) is 6.92 Å². The quantitative estimate of drug-likeness (QED) is 0.785. The van der Waals surface area contributed by atoms with Crippen molar-refractivity contribution in [2.75, 3.05) is 6.54 Å². The second-order valence-electron chi connectivity index (χ2n) is 6.22. The highest BCUT2D eigenvalue weighted by molar-refractivity contribution is 5.91. The van der Waals surface area contributed by atoms with Crippen molar-refractivity contribution in [1.29, 1.82) is 0 Å². The summed E-state index contributed by atoms with van der Waals surface area (Å²) in [6.45, 7) is 2.57. The van der Waals surface area contributed by atoms with Crippen LogP contribution in [0.2, 0.25) is 0 Å². The Labute approximate surface area is 143 Å². The van der Waals surface area contributed by atoms with E-state index in [-0.39, 0.29) is 23.3 Å². The zero-order valence-corrected chi connectivity index (χ0v) is 13.9. The number of amides is 1. The summed E-state index contributed by atoms with van der Waals surface area (Å²) in [6, 6.07) is 4.69. The molecule has 1 saturated heterocycles. The second kappa shape index (κ2) is 6.19. The van der Waals surface area contributed by atoms with E-state index in [2.05, 4.69) is 15.2 Å². The Morgan fingerprint density at radius 1 is 1.40 bits per heavy atom. The molecule has 25 heavy (non-hydrogen) atoms. The van der Waals surface area contributed by atoms with Crippen molar-refractivity contribution >= 4 is 11.6 Å². The number of rotatable bonds is 3. The number of carbonyl (C=O) groups excluding carboxylic acids is 1. The van der Waals surface area contributed by atoms with Crippen LogP contribution in [0.5, 0.6) is 0 Å². The fraction of sp³-hybridized carbons (Fsp3) is 0.412. The molecule has 1 aliphatic rings. The lowest BCUT2D eigenvalue weighted by atomic mass is 9.98. The van der Waals surface area contributed by atoms with Gasteiger partial charge < -0.3 is 9.42 Å². The van der Waals surface area contributed by atoms with Crippen molar-refractivity contribution in [1.82, 2.24) is 24.7 Å². The van der Waals surface area contributed by atoms with E-state index >= 15 is 0 Å². The van der Waals surface area contributed by atoms with Gasteiger partial charge in [0.05, 0.1) is 17.4 Å². The van der Waals surface area contributed by atoms with E-state index in [0.29, 0.717) is 24.3 Å². The topological polar surface area (TPSA) is 96.5 Å². The number of H-pyrrole nitrogens is 1. The van der Waals surface area contributed by atoms with Gasteiger partial charge in [0.25, 0.3) is 11.5 Å². The van der Waals surface area contributed by atoms with Gasteiger partial charge in [-0.3, -0.25) is 14.7 Å². The number of likely N-dealkylation sites (tertiary alicyclic amines) is 1. The van der Waals surface area contributed by atoms with E-state index in [4.69, 9.17) is 4.52 Å². The predicted octanol–water partition coefficient (Wildman–Crippen LogP) is 1.94. The van der Waals surface area contributed by atoms with Crippen LogP contribution in [0.3, 0.4) is 0 Å². The van der Waals surface area contributed by atoms with E-state index in [9.17, 15) is 9.59 Å². The number of nitrogens with one attached hydrogen (secondary N) is 1. The Kier molecular flexibility index (Phi) is 3.87. The molecule has 1 amide bonds. The molecule has 8 nitrogen and oxygen atoms in total. The summed E-state index contributed by atoms with van der Waals surface area (Å²) in [5, 5.41) is 6.73. The van der Waals surface area contributed by atoms with Gasteiger partial charge >= 0.3 is 0 Å². The van der Waals surface area contributed by atoms with Crippen molar-refractivity contribution in [2.24, 2.45) is 0 Å². The number of fused-ring (bicyclic) bond motifs is 1. The Morgan fingerprint density at radius 3 is 3.08 bits per heavy atom. The molecule has 130 valence electrons. The minimum absolute atomic E-state index is 0.184. The van der Waals surface area contributed by atoms with Crippen LogP contribution in [0.15, 0.2) is 33.7 Å². The van der Waals surface area contributed by atoms with E-state index in [1.54, 1.807) is 23.2 Å². The number of nitrogens with zero attached hydrogens (tertiary/aromatic N) is 4. The first-order valence-corrected chi connectivity index (χ1v) is 8.51. The number of piperidine rings is 1. The molecule has 1 unspecified atom stereocenters. The second-order valence-corrected chi connectivity index (χ2v) is 6.22. The van der Waals surface area contributed by atoms with Gasteiger partial charge in [-0.25, -0.2) is 9.50 Å². The molecular formula is C17H19N5O3. The maximum Gasteiger partial charge on any atom is 0.293 e. The lowest BCUT2D eigenvalue weighted by Gasteiger charge is -2.34. The largest absolute Gasteiger partial charge is 0.351 e. The maximum absolute atomic E-state index is 12.9. The fourth-order valence-corrected chi connectivity index (χ4v) is 3.32. The average molecular weight is 341 g/mol. The number of carbonyl (C=O) groups is 1. The number of aryl methyl sites for hydroxylation is 1. The monoisotopic (exact) mass is 341 g/mol. The summed E-state index contributed by atoms with van der Waals surface area (Å²) >= 11 is 0. The number of aromatic amines is 1. The summed E-state index contributed by atoms with van der Waals surface area (Å²) < 4.78 is 6.58. The fourth-order valence-electron chi connectivity index (χ4n) is 3.32. The first-order valence-electron chi connectivity index (χ1n) is 8.51. The molecular weight excluding hydrogens is 322 g/mol. The summed E-state index contributed by atoms with van der Waals surface area (Å²) in [4.78, 5) is 31.4. The van der Waals surface area contributed by atoms with Crippen molar-refractivity contribution in [3.8, 4) is 0 Å². The number of aromatic nitrogens is 4. The van der Waals surface area contributed by atoms with Gasteiger partial charge in [-0.1, -0.05) is 12.1 Å². The van der Waals surface area contributed by atoms with E-state index < -0.39 is 0 Å². The van der Waals surface area contributed by atoms with Gasteiger partial charge in [0.15, 0.2) is 5.65 Å². The van der Waals surface area contributed by atoms with Crippen LogP contribution in [0.25, 0.3) is 5.65 Å². The molecule has 0 aliphatic carbocycles. The highest BCUT2D eigenvalue weighted by Gasteiger charge is 2.32. The first kappa shape index (κ1) is 15.6. The zero-order chi connectivity index (χ0) is 17.4. The molecule has 4 heterocycles. The normalized spacial score (nSPS) is 18.0. The Hall–Kier alpha value is -2.90. The van der Waals surface area contributed by atoms with Crippen LogP contribution in [0.1, 0.15) is 54.2 Å². The predicted molar refractivity (Wildman–Crippen MR) is 89.3 cm³/mol. The van der Waals surface area contributed by atoms with Gasteiger partial charge in [-0.15, -0.1) is 0 Å². The third-order valence-electron chi connectivity index (χ3n) is 4.64. The summed E-state index contributed by atoms with van der Waals surface area (Å²) in [7, 11) is 0. The molecule has 0 aromatic carbocycles. The van der Waals surface area contributed by atoms with Crippen LogP contribution < -0.4 is 5.56 Å². The lowest BCUT2D eigenvalue weighted by molar-refractivity contribution is 0.0563. The van der Waals surface area contributed by atoms with Crippen LogP contribution in [0, 0.1) is 0 Å². The van der Waals surface area contributed by atoms with Crippen molar-refractivity contribution in [3.05, 3.63) is 51.9 Å². The molecule has 1 atom stereocenters. The van der Waals surface area contributed by atoms with Gasteiger partial charge in [-0.05, 0) is 25.7 Å². The summed E-state index contributed by atoms with van der Waals surface area (Å²) in [5.41, 5.74) is 1.74. The van der Waals surface area contributed by atoms with Gasteiger partial charge in [0, 0.05) is 30.9 Å². The van der Waals surface area contributed by atoms with E-state index in [1.165, 1.54) is 10.6 Å². The van der Waals surface area contributed by atoms with E-state index in [0.717, 1.165) is 25.0 Å². The molecule has 4 rings (SSSR count). The molecule has 1 N–H and O–H groups in total. The van der Waals surface area contributed by atoms with Gasteiger partial charge in [0.2, 0.25) is 5.76 Å². The molecule has 0 saturated carbocycles. The molecule has 0 bridgehead atoms. The number of hydrogen-bond donors (Lipinski definition) is 1. The molecule has 3 aromatic heterocycles. The highest BCUT2D eigenvalue weighted by atomic mass is 16.5. The number of hydrogen-bond acceptors (Lipinski definition) is 5. The minimum atomic E-state index is -0.232. The van der Waals surface area contributed by atoms with Crippen molar-refractivity contribution < 1.29 is 9.32 Å². The van der Waals surface area contributed by atoms with Crippen LogP contribution in [-0.2, 0) is 6.42 Å². The van der Waals surface area contributed by atoms with Crippen molar-refractivity contribution in [3.63, 3.8) is 0 Å². The van der Waals surface area contributed by atoms with Crippen LogP contribution in [0.4, 0.5) is 0 Å². The molecule has 1 fully saturated rings. The Morgan fingerprint density at radius 2 is 2.28 bits per heavy atom. The lowest BCUT2D eigenvalue weighted by Crippen LogP contribution is -2.39. The van der Waals surface area contributed by atoms with Gasteiger partial charge in [-0.2, -0.15) is 0 Å². The third-order valence-corrected chi connectivity index (χ3v) is 4.64. The maximum atomic E-state index is 12.9. The smallest absolute Gasteiger partial charge is 0.293 e. The molecule has 0 radical (unpaired) electrons. The Balaban J connectivity index is 1.70. The average Bonchev–Trinajstić information content (AvgIpc) is 3.30. The molecule has 1 aliphatic heterocycles. The highest BCUT2D eigenvalue weighted by Crippen LogP contribution is 2.31. The SMILES string of the molecule is CCc1cc(C(=O)N2CCCCC2c2cc(=O)n3[nH]ccc3n2)on1. The van der Waals surface area contributed by atoms with Crippen LogP contribution in [-0.4, -0.2) is 37.1 Å². The molecule has 8 heteroatoms. The van der Waals surface area contributed by atoms with Gasteiger partial charge in [0.1, 0.15) is 0 Å². The zero-order valence-electron chi connectivity index (χ0n) is 13.9. The molecule has 0 spiro atoms. The standard InChI is InChI=1S/C17H19N5O3/c1-2-11-9-14(25-20-11)17(24)21-8-4-3-5-13(21)12-10-16(23)22-15(19-12)6-7-18-22/h6-7,9-10,13,18H,2-5,8H2,1H3. The summed E-state index contributed by atoms with van der Waals surface area (Å²) in [5.74, 6) is 0.0381. The summed E-state index contributed by atoms with van der Waals surface area (Å²) in [6.07, 6.45) is 5.05.